The van der Waals surface area contributed by atoms with Crippen molar-refractivity contribution in [1.82, 2.24) is 9.38 Å². The van der Waals surface area contributed by atoms with Crippen molar-refractivity contribution in [3.05, 3.63) is 83.8 Å². The molecule has 0 bridgehead atoms. The van der Waals surface area contributed by atoms with Crippen LogP contribution in [-0.2, 0) is 6.61 Å². The molecule has 2 aromatic carbocycles. The smallest absolute Gasteiger partial charge is 0.255 e. The molecule has 0 atom stereocenters. The number of imidazole rings is 1. The number of amides is 1. The molecule has 0 fully saturated rings. The highest BCUT2D eigenvalue weighted by Gasteiger charge is 2.13. The monoisotopic (exact) mass is 445 g/mol. The molecule has 1 amide bonds. The number of pyridine rings is 1. The summed E-state index contributed by atoms with van der Waals surface area (Å²) in [6.45, 7) is 6.20. The van der Waals surface area contributed by atoms with Crippen LogP contribution in [0.3, 0.4) is 0 Å². The van der Waals surface area contributed by atoms with Gasteiger partial charge in [0.25, 0.3) is 5.91 Å². The number of fused-ring (bicyclic) bond motifs is 1. The molecule has 0 radical (unpaired) electrons. The zero-order valence-corrected chi connectivity index (χ0v) is 19.2. The summed E-state index contributed by atoms with van der Waals surface area (Å²) in [5.41, 5.74) is 3.84. The van der Waals surface area contributed by atoms with Gasteiger partial charge in [-0.15, -0.1) is 0 Å². The topological polar surface area (TPSA) is 74.1 Å². The second kappa shape index (κ2) is 9.65. The van der Waals surface area contributed by atoms with Crippen LogP contribution in [0.1, 0.15) is 35.5 Å². The van der Waals surface area contributed by atoms with E-state index in [0.29, 0.717) is 35.1 Å². The van der Waals surface area contributed by atoms with E-state index in [1.807, 2.05) is 55.8 Å². The Labute approximate surface area is 192 Å². The number of hydrogen-bond acceptors (Lipinski definition) is 5. The van der Waals surface area contributed by atoms with E-state index in [2.05, 4.69) is 10.3 Å². The quantitative estimate of drug-likeness (QED) is 0.400. The zero-order chi connectivity index (χ0) is 23.4. The van der Waals surface area contributed by atoms with E-state index in [-0.39, 0.29) is 12.0 Å². The van der Waals surface area contributed by atoms with Gasteiger partial charge in [-0.25, -0.2) is 4.98 Å². The molecule has 2 heterocycles. The molecule has 0 saturated carbocycles. The van der Waals surface area contributed by atoms with Gasteiger partial charge in [-0.3, -0.25) is 4.79 Å². The van der Waals surface area contributed by atoms with Crippen LogP contribution in [0.15, 0.2) is 67.0 Å². The van der Waals surface area contributed by atoms with Crippen molar-refractivity contribution in [2.75, 3.05) is 12.4 Å². The predicted octanol–water partition coefficient (Wildman–Crippen LogP) is 5.27. The predicted molar refractivity (Wildman–Crippen MR) is 127 cm³/mol. The van der Waals surface area contributed by atoms with Gasteiger partial charge in [-0.2, -0.15) is 0 Å². The fourth-order valence-corrected chi connectivity index (χ4v) is 3.39. The van der Waals surface area contributed by atoms with E-state index >= 15 is 0 Å². The third-order valence-corrected chi connectivity index (χ3v) is 4.93. The molecule has 1 N–H and O–H groups in total. The highest BCUT2D eigenvalue weighted by Crippen LogP contribution is 2.30. The lowest BCUT2D eigenvalue weighted by Crippen LogP contribution is -2.14. The third kappa shape index (κ3) is 5.44. The number of carbonyl (C=O) groups is 1. The number of nitrogens with zero attached hydrogens (tertiary/aromatic N) is 2. The average Bonchev–Trinajstić information content (AvgIpc) is 3.20. The summed E-state index contributed by atoms with van der Waals surface area (Å²) in [5.74, 6) is 1.51. The standard InChI is InChI=1S/C26H27N3O4/c1-17(2)33-24-10-9-21(31-4)13-23(24)28-26(30)19-6-5-7-22(12-19)32-16-20-15-29-14-18(3)8-11-25(29)27-20/h5-15,17H,16H2,1-4H3,(H,28,30). The largest absolute Gasteiger partial charge is 0.497 e. The molecule has 7 nitrogen and oxygen atoms in total. The lowest BCUT2D eigenvalue weighted by atomic mass is 10.2. The number of rotatable bonds is 8. The molecule has 0 saturated heterocycles. The van der Waals surface area contributed by atoms with Crippen LogP contribution in [0.25, 0.3) is 5.65 Å². The minimum absolute atomic E-state index is 0.0331. The van der Waals surface area contributed by atoms with Gasteiger partial charge in [0, 0.05) is 24.0 Å². The molecule has 33 heavy (non-hydrogen) atoms. The maximum absolute atomic E-state index is 12.9. The summed E-state index contributed by atoms with van der Waals surface area (Å²) in [7, 11) is 1.58. The van der Waals surface area contributed by atoms with E-state index in [0.717, 1.165) is 16.9 Å². The summed E-state index contributed by atoms with van der Waals surface area (Å²) in [6.07, 6.45) is 3.93. The highest BCUT2D eigenvalue weighted by molar-refractivity contribution is 6.05. The number of anilines is 1. The number of aromatic nitrogens is 2. The molecule has 4 rings (SSSR count). The van der Waals surface area contributed by atoms with Crippen molar-refractivity contribution < 1.29 is 19.0 Å². The minimum atomic E-state index is -0.273. The van der Waals surface area contributed by atoms with Crippen LogP contribution in [0.4, 0.5) is 5.69 Å². The van der Waals surface area contributed by atoms with Gasteiger partial charge in [-0.1, -0.05) is 12.1 Å². The molecular weight excluding hydrogens is 418 g/mol. The van der Waals surface area contributed by atoms with E-state index in [9.17, 15) is 4.79 Å². The molecule has 170 valence electrons. The Morgan fingerprint density at radius 2 is 1.91 bits per heavy atom. The van der Waals surface area contributed by atoms with Gasteiger partial charge in [0.05, 0.1) is 24.6 Å². The van der Waals surface area contributed by atoms with Crippen molar-refractivity contribution in [2.24, 2.45) is 0 Å². The van der Waals surface area contributed by atoms with Crippen molar-refractivity contribution in [2.45, 2.75) is 33.5 Å². The molecule has 4 aromatic rings. The molecule has 0 aliphatic heterocycles. The van der Waals surface area contributed by atoms with Crippen LogP contribution in [0.2, 0.25) is 0 Å². The average molecular weight is 446 g/mol. The maximum atomic E-state index is 12.9. The van der Waals surface area contributed by atoms with Crippen LogP contribution < -0.4 is 19.5 Å². The first kappa shape index (κ1) is 22.2. The van der Waals surface area contributed by atoms with Gasteiger partial charge in [0.15, 0.2) is 0 Å². The summed E-state index contributed by atoms with van der Waals surface area (Å²) in [5, 5.41) is 2.92. The Balaban J connectivity index is 1.47. The van der Waals surface area contributed by atoms with Gasteiger partial charge < -0.3 is 23.9 Å². The number of ether oxygens (including phenoxy) is 3. The lowest BCUT2D eigenvalue weighted by molar-refractivity contribution is 0.102. The van der Waals surface area contributed by atoms with Crippen LogP contribution in [-0.4, -0.2) is 28.5 Å². The molecule has 0 aliphatic carbocycles. The zero-order valence-electron chi connectivity index (χ0n) is 19.2. The highest BCUT2D eigenvalue weighted by atomic mass is 16.5. The van der Waals surface area contributed by atoms with Crippen LogP contribution >= 0.6 is 0 Å². The van der Waals surface area contributed by atoms with E-state index < -0.39 is 0 Å². The van der Waals surface area contributed by atoms with E-state index in [1.165, 1.54) is 0 Å². The van der Waals surface area contributed by atoms with Gasteiger partial charge >= 0.3 is 0 Å². The molecule has 0 spiro atoms. The number of aryl methyl sites for hydroxylation is 1. The number of hydrogen-bond donors (Lipinski definition) is 1. The Hall–Kier alpha value is -4.00. The fraction of sp³-hybridized carbons (Fsp3) is 0.231. The van der Waals surface area contributed by atoms with E-state index in [1.54, 1.807) is 43.5 Å². The van der Waals surface area contributed by atoms with Crippen molar-refractivity contribution >= 4 is 17.2 Å². The van der Waals surface area contributed by atoms with Crippen LogP contribution in [0.5, 0.6) is 17.2 Å². The first-order valence-corrected chi connectivity index (χ1v) is 10.7. The molecule has 0 unspecified atom stereocenters. The first-order valence-electron chi connectivity index (χ1n) is 10.7. The van der Waals surface area contributed by atoms with Crippen molar-refractivity contribution in [3.63, 3.8) is 0 Å². The second-order valence-electron chi connectivity index (χ2n) is 8.00. The Bertz CT molecular complexity index is 1280. The Morgan fingerprint density at radius 3 is 2.70 bits per heavy atom. The van der Waals surface area contributed by atoms with Crippen molar-refractivity contribution in [3.8, 4) is 17.2 Å². The van der Waals surface area contributed by atoms with Gasteiger partial charge in [-0.05, 0) is 62.7 Å². The Kier molecular flexibility index (Phi) is 6.49. The summed E-state index contributed by atoms with van der Waals surface area (Å²) >= 11 is 0. The van der Waals surface area contributed by atoms with E-state index in [4.69, 9.17) is 14.2 Å². The fourth-order valence-electron chi connectivity index (χ4n) is 3.39. The normalized spacial score (nSPS) is 10.9. The lowest BCUT2D eigenvalue weighted by Gasteiger charge is -2.16. The minimum Gasteiger partial charge on any atom is -0.497 e. The first-order chi connectivity index (χ1) is 15.9. The molecular formula is C26H27N3O4. The second-order valence-corrected chi connectivity index (χ2v) is 8.00. The van der Waals surface area contributed by atoms with Crippen LogP contribution in [0, 0.1) is 6.92 Å². The maximum Gasteiger partial charge on any atom is 0.255 e. The summed E-state index contributed by atoms with van der Waals surface area (Å²) < 4.78 is 19.0. The number of methoxy groups -OCH3 is 1. The summed E-state index contributed by atoms with van der Waals surface area (Å²) in [4.78, 5) is 17.5. The van der Waals surface area contributed by atoms with Gasteiger partial charge in [0.1, 0.15) is 29.5 Å². The van der Waals surface area contributed by atoms with Crippen molar-refractivity contribution in [1.29, 1.82) is 0 Å². The number of benzene rings is 2. The number of nitrogens with one attached hydrogen (secondary N) is 1. The number of carbonyl (C=O) groups excluding carboxylic acids is 1. The summed E-state index contributed by atoms with van der Waals surface area (Å²) in [6, 6.07) is 16.4. The third-order valence-electron chi connectivity index (χ3n) is 4.93. The van der Waals surface area contributed by atoms with Gasteiger partial charge in [0.2, 0.25) is 0 Å². The molecule has 2 aromatic heterocycles. The SMILES string of the molecule is COc1ccc(OC(C)C)c(NC(=O)c2cccc(OCc3cn4cc(C)ccc4n3)c2)c1. The molecule has 0 aliphatic rings. The Morgan fingerprint density at radius 1 is 1.06 bits per heavy atom. The molecule has 7 heteroatoms.